The van der Waals surface area contributed by atoms with Gasteiger partial charge in [-0.05, 0) is 43.0 Å². The predicted octanol–water partition coefficient (Wildman–Crippen LogP) is 4.62. The summed E-state index contributed by atoms with van der Waals surface area (Å²) in [6.07, 6.45) is 3.77. The highest BCUT2D eigenvalue weighted by molar-refractivity contribution is 8.00. The Morgan fingerprint density at radius 1 is 1.32 bits per heavy atom. The van der Waals surface area contributed by atoms with Crippen LogP contribution in [-0.2, 0) is 0 Å². The van der Waals surface area contributed by atoms with Crippen molar-refractivity contribution in [3.05, 3.63) is 28.3 Å². The number of carbonyl (C=O) groups is 1. The summed E-state index contributed by atoms with van der Waals surface area (Å²) in [4.78, 5) is 11.0. The zero-order valence-corrected chi connectivity index (χ0v) is 15.3. The molecule has 1 aliphatic heterocycles. The molecule has 1 aliphatic rings. The van der Waals surface area contributed by atoms with Crippen molar-refractivity contribution < 1.29 is 15.0 Å². The molecule has 4 nitrogen and oxygen atoms in total. The van der Waals surface area contributed by atoms with Crippen LogP contribution < -0.4 is 4.31 Å². The van der Waals surface area contributed by atoms with E-state index in [1.54, 1.807) is 18.0 Å². The number of anilines is 1. The number of carboxylic acid groups (broad SMARTS) is 1. The fourth-order valence-electron chi connectivity index (χ4n) is 1.70. The number of unbranched alkanes of at least 4 members (excludes halogenated alkanes) is 1. The number of nitrogens with zero attached hydrogens (tertiary/aromatic N) is 1. The molecule has 0 bridgehead atoms. The molecule has 0 aromatic heterocycles. The van der Waals surface area contributed by atoms with Crippen LogP contribution in [0.4, 0.5) is 5.69 Å². The van der Waals surface area contributed by atoms with Gasteiger partial charge in [0, 0.05) is 25.1 Å². The summed E-state index contributed by atoms with van der Waals surface area (Å²) in [6.45, 7) is 7.16. The number of aliphatic hydroxyl groups is 1. The number of hydrogen-bond acceptors (Lipinski definition) is 4. The van der Waals surface area contributed by atoms with Gasteiger partial charge in [0.05, 0.1) is 10.6 Å². The first-order valence-corrected chi connectivity index (χ1v) is 8.71. The average Bonchev–Trinajstić information content (AvgIpc) is 3.06. The van der Waals surface area contributed by atoms with E-state index < -0.39 is 5.97 Å². The van der Waals surface area contributed by atoms with E-state index in [2.05, 4.69) is 18.2 Å². The van der Waals surface area contributed by atoms with Crippen LogP contribution >= 0.6 is 23.5 Å². The first-order valence-electron chi connectivity index (χ1n) is 7.39. The molecule has 2 N–H and O–H groups in total. The van der Waals surface area contributed by atoms with Gasteiger partial charge in [0.25, 0.3) is 0 Å². The van der Waals surface area contributed by atoms with Crippen LogP contribution in [0.15, 0.2) is 12.1 Å². The monoisotopic (exact) mass is 347 g/mol. The van der Waals surface area contributed by atoms with Gasteiger partial charge in [-0.2, -0.15) is 0 Å². The van der Waals surface area contributed by atoms with Crippen LogP contribution in [0.3, 0.4) is 0 Å². The van der Waals surface area contributed by atoms with Crippen molar-refractivity contribution in [3.8, 4) is 0 Å². The molecular formula is C16H26ClNO3S. The van der Waals surface area contributed by atoms with Gasteiger partial charge in [0.1, 0.15) is 0 Å². The zero-order valence-electron chi connectivity index (χ0n) is 13.7. The van der Waals surface area contributed by atoms with Crippen LogP contribution in [0.25, 0.3) is 0 Å². The number of rotatable bonds is 3. The third-order valence-corrected chi connectivity index (χ3v) is 4.69. The highest BCUT2D eigenvalue weighted by Crippen LogP contribution is 2.33. The normalized spacial score (nSPS) is 12.9. The molecule has 0 unspecified atom stereocenters. The van der Waals surface area contributed by atoms with E-state index in [0.29, 0.717) is 5.02 Å². The Hall–Kier alpha value is -0.910. The fourth-order valence-corrected chi connectivity index (χ4v) is 2.88. The molecule has 0 saturated carbocycles. The molecule has 1 heterocycles. The van der Waals surface area contributed by atoms with E-state index in [4.69, 9.17) is 21.8 Å². The van der Waals surface area contributed by atoms with Crippen molar-refractivity contribution in [1.29, 1.82) is 0 Å². The van der Waals surface area contributed by atoms with Gasteiger partial charge in [-0.15, -0.1) is 0 Å². The molecule has 0 spiro atoms. The second-order valence-corrected chi connectivity index (χ2v) is 6.20. The van der Waals surface area contributed by atoms with E-state index in [1.807, 2.05) is 13.0 Å². The third-order valence-electron chi connectivity index (χ3n) is 3.01. The maximum atomic E-state index is 11.0. The predicted molar refractivity (Wildman–Crippen MR) is 96.3 cm³/mol. The number of carboxylic acids is 1. The molecule has 1 aromatic rings. The lowest BCUT2D eigenvalue weighted by Crippen LogP contribution is -2.10. The summed E-state index contributed by atoms with van der Waals surface area (Å²) < 4.78 is 2.12. The standard InChI is InChI=1S/C11H12ClNO2S.C4H10.CH4O/c1-7-5-8(13-3-2-4-16-13)6-9(10(7)12)11(14)15;1-3-4-2;1-2/h5-6H,2-4H2,1H3,(H,14,15);3-4H2,1-2H3;2H,1H3. The molecule has 0 aliphatic carbocycles. The maximum Gasteiger partial charge on any atom is 0.337 e. The molecule has 6 heteroatoms. The summed E-state index contributed by atoms with van der Waals surface area (Å²) in [5, 5.41) is 16.4. The Labute approximate surface area is 142 Å². The Morgan fingerprint density at radius 3 is 2.32 bits per heavy atom. The van der Waals surface area contributed by atoms with Crippen LogP contribution in [-0.4, -0.2) is 35.6 Å². The Kier molecular flexibility index (Phi) is 11.1. The van der Waals surface area contributed by atoms with Gasteiger partial charge in [0.15, 0.2) is 0 Å². The van der Waals surface area contributed by atoms with Crippen molar-refractivity contribution in [3.63, 3.8) is 0 Å². The molecular weight excluding hydrogens is 322 g/mol. The van der Waals surface area contributed by atoms with Gasteiger partial charge >= 0.3 is 5.97 Å². The lowest BCUT2D eigenvalue weighted by Gasteiger charge is -2.18. The molecule has 0 radical (unpaired) electrons. The maximum absolute atomic E-state index is 11.0. The summed E-state index contributed by atoms with van der Waals surface area (Å²) in [5.74, 6) is 0.114. The number of aryl methyl sites for hydroxylation is 1. The minimum atomic E-state index is -0.973. The van der Waals surface area contributed by atoms with Crippen LogP contribution in [0.2, 0.25) is 5.02 Å². The Bertz CT molecular complexity index is 461. The molecule has 0 atom stereocenters. The summed E-state index contributed by atoms with van der Waals surface area (Å²) in [5.41, 5.74) is 1.93. The van der Waals surface area contributed by atoms with Crippen molar-refractivity contribution in [2.45, 2.75) is 40.0 Å². The number of halogens is 1. The first-order chi connectivity index (χ1) is 10.5. The number of benzene rings is 1. The van der Waals surface area contributed by atoms with E-state index in [9.17, 15) is 4.79 Å². The topological polar surface area (TPSA) is 60.8 Å². The lowest BCUT2D eigenvalue weighted by atomic mass is 10.1. The smallest absolute Gasteiger partial charge is 0.337 e. The molecule has 1 aromatic carbocycles. The zero-order chi connectivity index (χ0) is 17.1. The molecule has 2 rings (SSSR count). The van der Waals surface area contributed by atoms with E-state index >= 15 is 0 Å². The molecule has 126 valence electrons. The van der Waals surface area contributed by atoms with Gasteiger partial charge in [-0.3, -0.25) is 0 Å². The highest BCUT2D eigenvalue weighted by Gasteiger charge is 2.18. The number of aliphatic hydroxyl groups excluding tert-OH is 1. The van der Waals surface area contributed by atoms with Crippen LogP contribution in [0, 0.1) is 6.92 Å². The van der Waals surface area contributed by atoms with E-state index in [0.717, 1.165) is 37.1 Å². The van der Waals surface area contributed by atoms with Crippen molar-refractivity contribution in [1.82, 2.24) is 0 Å². The average molecular weight is 348 g/mol. The largest absolute Gasteiger partial charge is 0.478 e. The molecule has 1 fully saturated rings. The summed E-state index contributed by atoms with van der Waals surface area (Å²) >= 11 is 7.69. The van der Waals surface area contributed by atoms with Crippen molar-refractivity contribution >= 4 is 35.2 Å². The van der Waals surface area contributed by atoms with Crippen molar-refractivity contribution in [2.75, 3.05) is 23.7 Å². The van der Waals surface area contributed by atoms with Crippen LogP contribution in [0.1, 0.15) is 49.0 Å². The second-order valence-electron chi connectivity index (χ2n) is 4.72. The summed E-state index contributed by atoms with van der Waals surface area (Å²) in [7, 11) is 1.00. The first kappa shape index (κ1) is 21.1. The van der Waals surface area contributed by atoms with Crippen molar-refractivity contribution in [2.24, 2.45) is 0 Å². The van der Waals surface area contributed by atoms with E-state index in [-0.39, 0.29) is 5.56 Å². The van der Waals surface area contributed by atoms with E-state index in [1.165, 1.54) is 12.8 Å². The van der Waals surface area contributed by atoms with Gasteiger partial charge in [-0.1, -0.05) is 38.3 Å². The minimum absolute atomic E-state index is 0.184. The molecule has 1 saturated heterocycles. The fraction of sp³-hybridized carbons (Fsp3) is 0.562. The van der Waals surface area contributed by atoms with Gasteiger partial charge in [0.2, 0.25) is 0 Å². The lowest BCUT2D eigenvalue weighted by molar-refractivity contribution is 0.0697. The number of hydrogen-bond donors (Lipinski definition) is 2. The quantitative estimate of drug-likeness (QED) is 0.781. The minimum Gasteiger partial charge on any atom is -0.478 e. The number of aromatic carboxylic acids is 1. The Morgan fingerprint density at radius 2 is 1.91 bits per heavy atom. The van der Waals surface area contributed by atoms with Gasteiger partial charge in [-0.25, -0.2) is 4.79 Å². The second kappa shape index (κ2) is 11.6. The van der Waals surface area contributed by atoms with Gasteiger partial charge < -0.3 is 14.5 Å². The third kappa shape index (κ3) is 6.46. The summed E-state index contributed by atoms with van der Waals surface area (Å²) in [6, 6.07) is 3.59. The molecule has 0 amide bonds. The van der Waals surface area contributed by atoms with Crippen LogP contribution in [0.5, 0.6) is 0 Å². The Balaban J connectivity index is 0.000000640. The highest BCUT2D eigenvalue weighted by atomic mass is 35.5. The molecule has 22 heavy (non-hydrogen) atoms. The SMILES string of the molecule is CCCC.CO.Cc1cc(N2CCCS2)cc(C(=O)O)c1Cl.